The lowest BCUT2D eigenvalue weighted by Crippen LogP contribution is -2.46. The van der Waals surface area contributed by atoms with Crippen LogP contribution in [0, 0.1) is 0 Å². The lowest BCUT2D eigenvalue weighted by atomic mass is 10.0. The maximum atomic E-state index is 12.4. The standard InChI is InChI=1S/C13H17F2NO/c1-8-9(2)17-12(7-16-8)10-3-5-11(6-4-10)13(14)15/h3-6,8-9,12-13,16H,7H2,1-2H3. The van der Waals surface area contributed by atoms with Crippen LogP contribution < -0.4 is 5.32 Å². The monoisotopic (exact) mass is 241 g/mol. The molecule has 1 aliphatic heterocycles. The molecule has 1 saturated heterocycles. The van der Waals surface area contributed by atoms with Gasteiger partial charge in [-0.1, -0.05) is 24.3 Å². The molecule has 3 unspecified atom stereocenters. The van der Waals surface area contributed by atoms with Gasteiger partial charge in [0, 0.05) is 18.2 Å². The summed E-state index contributed by atoms with van der Waals surface area (Å²) in [6.45, 7) is 4.80. The molecule has 0 saturated carbocycles. The highest BCUT2D eigenvalue weighted by Crippen LogP contribution is 2.26. The third kappa shape index (κ3) is 2.82. The summed E-state index contributed by atoms with van der Waals surface area (Å²) in [5.41, 5.74) is 1.000. The Balaban J connectivity index is 2.07. The van der Waals surface area contributed by atoms with Crippen LogP contribution in [0.25, 0.3) is 0 Å². The molecule has 17 heavy (non-hydrogen) atoms. The first-order valence-electron chi connectivity index (χ1n) is 5.85. The molecule has 2 rings (SSSR count). The fraction of sp³-hybridized carbons (Fsp3) is 0.538. The van der Waals surface area contributed by atoms with E-state index in [-0.39, 0.29) is 17.8 Å². The number of rotatable bonds is 2. The zero-order valence-corrected chi connectivity index (χ0v) is 9.99. The fourth-order valence-electron chi connectivity index (χ4n) is 1.94. The van der Waals surface area contributed by atoms with Gasteiger partial charge in [-0.2, -0.15) is 0 Å². The molecule has 0 aliphatic carbocycles. The molecule has 0 aromatic heterocycles. The molecular formula is C13H17F2NO. The minimum absolute atomic E-state index is 0.0482. The van der Waals surface area contributed by atoms with Crippen molar-refractivity contribution in [3.05, 3.63) is 35.4 Å². The number of hydrogen-bond donors (Lipinski definition) is 1. The predicted octanol–water partition coefficient (Wildman–Crippen LogP) is 3.06. The molecule has 1 heterocycles. The molecule has 4 heteroatoms. The summed E-state index contributed by atoms with van der Waals surface area (Å²) in [5.74, 6) is 0. The zero-order valence-electron chi connectivity index (χ0n) is 9.99. The van der Waals surface area contributed by atoms with E-state index in [4.69, 9.17) is 4.74 Å². The Morgan fingerprint density at radius 2 is 1.88 bits per heavy atom. The highest BCUT2D eigenvalue weighted by molar-refractivity contribution is 5.25. The van der Waals surface area contributed by atoms with Crippen molar-refractivity contribution in [1.29, 1.82) is 0 Å². The summed E-state index contributed by atoms with van der Waals surface area (Å²) in [7, 11) is 0. The van der Waals surface area contributed by atoms with Crippen molar-refractivity contribution in [3.8, 4) is 0 Å². The van der Waals surface area contributed by atoms with E-state index in [0.29, 0.717) is 6.04 Å². The van der Waals surface area contributed by atoms with Gasteiger partial charge in [0.25, 0.3) is 6.43 Å². The molecule has 3 atom stereocenters. The highest BCUT2D eigenvalue weighted by atomic mass is 19.3. The average molecular weight is 241 g/mol. The van der Waals surface area contributed by atoms with Crippen LogP contribution in [-0.4, -0.2) is 18.7 Å². The summed E-state index contributed by atoms with van der Waals surface area (Å²) in [4.78, 5) is 0. The van der Waals surface area contributed by atoms with E-state index in [1.165, 1.54) is 12.1 Å². The Morgan fingerprint density at radius 1 is 1.24 bits per heavy atom. The second-order valence-electron chi connectivity index (χ2n) is 4.49. The van der Waals surface area contributed by atoms with E-state index in [1.807, 2.05) is 6.92 Å². The molecule has 0 radical (unpaired) electrons. The first-order chi connectivity index (χ1) is 8.08. The number of benzene rings is 1. The van der Waals surface area contributed by atoms with Gasteiger partial charge in [0.2, 0.25) is 0 Å². The molecule has 1 aromatic rings. The first kappa shape index (κ1) is 12.5. The van der Waals surface area contributed by atoms with Gasteiger partial charge in [0.15, 0.2) is 0 Å². The lowest BCUT2D eigenvalue weighted by Gasteiger charge is -2.34. The van der Waals surface area contributed by atoms with E-state index in [2.05, 4.69) is 12.2 Å². The van der Waals surface area contributed by atoms with Crippen LogP contribution in [0.15, 0.2) is 24.3 Å². The van der Waals surface area contributed by atoms with Crippen molar-refractivity contribution in [2.24, 2.45) is 0 Å². The minimum atomic E-state index is -2.41. The Labute approximate surface area is 100.0 Å². The lowest BCUT2D eigenvalue weighted by molar-refractivity contribution is -0.0509. The van der Waals surface area contributed by atoms with Crippen LogP contribution >= 0.6 is 0 Å². The predicted molar refractivity (Wildman–Crippen MR) is 62.2 cm³/mol. The van der Waals surface area contributed by atoms with Gasteiger partial charge >= 0.3 is 0 Å². The molecular weight excluding hydrogens is 224 g/mol. The van der Waals surface area contributed by atoms with Crippen LogP contribution in [0.5, 0.6) is 0 Å². The first-order valence-corrected chi connectivity index (χ1v) is 5.85. The van der Waals surface area contributed by atoms with Gasteiger partial charge in [-0.05, 0) is 19.4 Å². The Hall–Kier alpha value is -1.00. The van der Waals surface area contributed by atoms with E-state index < -0.39 is 6.43 Å². The Morgan fingerprint density at radius 3 is 2.41 bits per heavy atom. The summed E-state index contributed by atoms with van der Waals surface area (Å²) >= 11 is 0. The van der Waals surface area contributed by atoms with E-state index in [9.17, 15) is 8.78 Å². The minimum Gasteiger partial charge on any atom is -0.368 e. The Kier molecular flexibility index (Phi) is 3.74. The van der Waals surface area contributed by atoms with Gasteiger partial charge < -0.3 is 10.1 Å². The molecule has 0 amide bonds. The number of morpholine rings is 1. The molecule has 1 N–H and O–H groups in total. The van der Waals surface area contributed by atoms with Gasteiger partial charge in [-0.15, -0.1) is 0 Å². The van der Waals surface area contributed by atoms with Crippen molar-refractivity contribution in [3.63, 3.8) is 0 Å². The third-order valence-electron chi connectivity index (χ3n) is 3.27. The zero-order chi connectivity index (χ0) is 12.4. The second kappa shape index (κ2) is 5.10. The van der Waals surface area contributed by atoms with Crippen molar-refractivity contribution in [2.45, 2.75) is 38.5 Å². The molecule has 1 fully saturated rings. The number of nitrogens with one attached hydrogen (secondary N) is 1. The maximum absolute atomic E-state index is 12.4. The van der Waals surface area contributed by atoms with Gasteiger partial charge in [-0.25, -0.2) is 8.78 Å². The second-order valence-corrected chi connectivity index (χ2v) is 4.49. The van der Waals surface area contributed by atoms with Crippen LogP contribution in [0.2, 0.25) is 0 Å². The SMILES string of the molecule is CC1NCC(c2ccc(C(F)F)cc2)OC1C. The summed E-state index contributed by atoms with van der Waals surface area (Å²) < 4.78 is 30.7. The number of alkyl halides is 2. The van der Waals surface area contributed by atoms with Crippen LogP contribution in [0.4, 0.5) is 8.78 Å². The van der Waals surface area contributed by atoms with E-state index in [1.54, 1.807) is 12.1 Å². The van der Waals surface area contributed by atoms with Crippen LogP contribution in [0.1, 0.15) is 37.5 Å². The van der Waals surface area contributed by atoms with E-state index >= 15 is 0 Å². The largest absolute Gasteiger partial charge is 0.368 e. The molecule has 0 bridgehead atoms. The fourth-order valence-corrected chi connectivity index (χ4v) is 1.94. The van der Waals surface area contributed by atoms with Crippen molar-refractivity contribution in [2.75, 3.05) is 6.54 Å². The van der Waals surface area contributed by atoms with Gasteiger partial charge in [0.05, 0.1) is 12.2 Å². The number of halogens is 2. The smallest absolute Gasteiger partial charge is 0.263 e. The number of ether oxygens (including phenoxy) is 1. The van der Waals surface area contributed by atoms with E-state index in [0.717, 1.165) is 12.1 Å². The normalized spacial score (nSPS) is 29.6. The maximum Gasteiger partial charge on any atom is 0.263 e. The van der Waals surface area contributed by atoms with Crippen molar-refractivity contribution in [1.82, 2.24) is 5.32 Å². The molecule has 0 spiro atoms. The Bertz CT molecular complexity index is 366. The summed E-state index contributed by atoms with van der Waals surface area (Å²) in [6, 6.07) is 6.69. The van der Waals surface area contributed by atoms with Crippen molar-refractivity contribution >= 4 is 0 Å². The topological polar surface area (TPSA) is 21.3 Å². The summed E-state index contributed by atoms with van der Waals surface area (Å²) in [6.07, 6.45) is -2.33. The van der Waals surface area contributed by atoms with Gasteiger partial charge in [-0.3, -0.25) is 0 Å². The highest BCUT2D eigenvalue weighted by Gasteiger charge is 2.25. The summed E-state index contributed by atoms with van der Waals surface area (Å²) in [5, 5.41) is 3.34. The third-order valence-corrected chi connectivity index (χ3v) is 3.27. The quantitative estimate of drug-likeness (QED) is 0.859. The number of hydrogen-bond acceptors (Lipinski definition) is 2. The van der Waals surface area contributed by atoms with Crippen molar-refractivity contribution < 1.29 is 13.5 Å². The van der Waals surface area contributed by atoms with Gasteiger partial charge in [0.1, 0.15) is 0 Å². The molecule has 1 aromatic carbocycles. The molecule has 2 nitrogen and oxygen atoms in total. The molecule has 1 aliphatic rings. The van der Waals surface area contributed by atoms with Crippen LogP contribution in [-0.2, 0) is 4.74 Å². The van der Waals surface area contributed by atoms with Crippen LogP contribution in [0.3, 0.4) is 0 Å². The molecule has 94 valence electrons. The average Bonchev–Trinajstić information content (AvgIpc) is 2.33.